The number of carbonyl (C=O) groups is 1. The van der Waals surface area contributed by atoms with Crippen LogP contribution < -0.4 is 5.32 Å². The summed E-state index contributed by atoms with van der Waals surface area (Å²) in [5.74, 6) is 1.47. The predicted octanol–water partition coefficient (Wildman–Crippen LogP) is 4.16. The van der Waals surface area contributed by atoms with Crippen molar-refractivity contribution in [2.75, 3.05) is 11.1 Å². The maximum absolute atomic E-state index is 12.3. The normalized spacial score (nSPS) is 10.9. The van der Waals surface area contributed by atoms with Crippen LogP contribution in [0.25, 0.3) is 0 Å². The van der Waals surface area contributed by atoms with E-state index in [1.165, 1.54) is 11.3 Å². The molecule has 1 heterocycles. The van der Waals surface area contributed by atoms with Crippen molar-refractivity contribution in [3.8, 4) is 0 Å². The number of hydrogen-bond donors (Lipinski definition) is 1. The fraction of sp³-hybridized carbons (Fsp3) is 0.400. The van der Waals surface area contributed by atoms with Crippen molar-refractivity contribution < 1.29 is 4.79 Å². The quantitative estimate of drug-likeness (QED) is 0.664. The smallest absolute Gasteiger partial charge is 0.257 e. The average molecular weight is 321 g/mol. The van der Waals surface area contributed by atoms with Crippen LogP contribution in [0.5, 0.6) is 0 Å². The van der Waals surface area contributed by atoms with Crippen LogP contribution in [0.1, 0.15) is 35.3 Å². The number of nitrogens with one attached hydrogen (secondary N) is 1. The first-order valence-electron chi connectivity index (χ1n) is 6.80. The Balaban J connectivity index is 2.04. The number of thioether (sulfide) groups is 1. The molecule has 0 aliphatic heterocycles. The monoisotopic (exact) mass is 321 g/mol. The van der Waals surface area contributed by atoms with Crippen LogP contribution in [0, 0.1) is 19.8 Å². The number of hydrogen-bond acceptors (Lipinski definition) is 5. The van der Waals surface area contributed by atoms with Crippen LogP contribution in [-0.2, 0) is 0 Å². The second-order valence-electron chi connectivity index (χ2n) is 5.35. The van der Waals surface area contributed by atoms with Crippen LogP contribution in [0.4, 0.5) is 5.13 Å². The largest absolute Gasteiger partial charge is 0.296 e. The minimum Gasteiger partial charge on any atom is -0.296 e. The van der Waals surface area contributed by atoms with Gasteiger partial charge in [-0.2, -0.15) is 0 Å². The molecule has 6 heteroatoms. The van der Waals surface area contributed by atoms with Gasteiger partial charge >= 0.3 is 0 Å². The Morgan fingerprint density at radius 3 is 2.81 bits per heavy atom. The predicted molar refractivity (Wildman–Crippen MR) is 89.3 cm³/mol. The number of amides is 1. The Hall–Kier alpha value is -1.40. The first-order valence-corrected chi connectivity index (χ1v) is 8.61. The molecule has 112 valence electrons. The molecule has 1 aromatic heterocycles. The summed E-state index contributed by atoms with van der Waals surface area (Å²) in [6.07, 6.45) is 0. The molecule has 0 atom stereocenters. The van der Waals surface area contributed by atoms with Crippen LogP contribution >= 0.6 is 23.1 Å². The Morgan fingerprint density at radius 2 is 2.10 bits per heavy atom. The van der Waals surface area contributed by atoms with E-state index in [0.717, 1.165) is 21.2 Å². The molecule has 0 saturated carbocycles. The van der Waals surface area contributed by atoms with Crippen molar-refractivity contribution in [1.82, 2.24) is 10.2 Å². The molecular weight excluding hydrogens is 302 g/mol. The SMILES string of the molecule is Cc1ccc(C)c(C(=O)Nc2nnc(SCC(C)C)s2)c1. The number of aromatic nitrogens is 2. The van der Waals surface area contributed by atoms with Gasteiger partial charge < -0.3 is 0 Å². The van der Waals surface area contributed by atoms with E-state index in [0.29, 0.717) is 16.6 Å². The molecule has 4 nitrogen and oxygen atoms in total. The van der Waals surface area contributed by atoms with Crippen molar-refractivity contribution in [3.63, 3.8) is 0 Å². The topological polar surface area (TPSA) is 54.9 Å². The van der Waals surface area contributed by atoms with Crippen LogP contribution in [-0.4, -0.2) is 21.9 Å². The lowest BCUT2D eigenvalue weighted by atomic mass is 10.1. The fourth-order valence-electron chi connectivity index (χ4n) is 1.70. The zero-order chi connectivity index (χ0) is 15.4. The molecule has 0 fully saturated rings. The number of benzene rings is 1. The highest BCUT2D eigenvalue weighted by Crippen LogP contribution is 2.27. The highest BCUT2D eigenvalue weighted by Gasteiger charge is 2.13. The summed E-state index contributed by atoms with van der Waals surface area (Å²) in [6.45, 7) is 8.23. The highest BCUT2D eigenvalue weighted by atomic mass is 32.2. The summed E-state index contributed by atoms with van der Waals surface area (Å²) >= 11 is 3.09. The molecule has 0 saturated heterocycles. The molecule has 21 heavy (non-hydrogen) atoms. The van der Waals surface area contributed by atoms with Crippen LogP contribution in [0.15, 0.2) is 22.5 Å². The number of rotatable bonds is 5. The lowest BCUT2D eigenvalue weighted by molar-refractivity contribution is 0.102. The van der Waals surface area contributed by atoms with Crippen LogP contribution in [0.3, 0.4) is 0 Å². The molecule has 2 rings (SSSR count). The fourth-order valence-corrected chi connectivity index (χ4v) is 3.43. The van der Waals surface area contributed by atoms with Gasteiger partial charge in [-0.1, -0.05) is 54.6 Å². The second kappa shape index (κ2) is 7.04. The van der Waals surface area contributed by atoms with E-state index >= 15 is 0 Å². The van der Waals surface area contributed by atoms with Gasteiger partial charge in [0.15, 0.2) is 4.34 Å². The van der Waals surface area contributed by atoms with Crippen molar-refractivity contribution in [1.29, 1.82) is 0 Å². The van der Waals surface area contributed by atoms with Gasteiger partial charge in [0.1, 0.15) is 0 Å². The average Bonchev–Trinajstić information content (AvgIpc) is 2.86. The third kappa shape index (κ3) is 4.54. The molecule has 1 N–H and O–H groups in total. The third-order valence-electron chi connectivity index (χ3n) is 2.80. The summed E-state index contributed by atoms with van der Waals surface area (Å²) in [6, 6.07) is 5.84. The molecule has 1 aromatic carbocycles. The highest BCUT2D eigenvalue weighted by molar-refractivity contribution is 8.01. The third-order valence-corrected chi connectivity index (χ3v) is 5.20. The summed E-state index contributed by atoms with van der Waals surface area (Å²) in [5.41, 5.74) is 2.70. The van der Waals surface area contributed by atoms with E-state index in [9.17, 15) is 4.79 Å². The van der Waals surface area contributed by atoms with E-state index in [4.69, 9.17) is 0 Å². The zero-order valence-electron chi connectivity index (χ0n) is 12.6. The van der Waals surface area contributed by atoms with Gasteiger partial charge in [0.05, 0.1) is 0 Å². The van der Waals surface area contributed by atoms with E-state index < -0.39 is 0 Å². The van der Waals surface area contributed by atoms with Crippen molar-refractivity contribution in [2.45, 2.75) is 32.0 Å². The van der Waals surface area contributed by atoms with Gasteiger partial charge in [0.25, 0.3) is 5.91 Å². The number of aryl methyl sites for hydroxylation is 2. The summed E-state index contributed by atoms with van der Waals surface area (Å²) in [5, 5.41) is 11.5. The van der Waals surface area contributed by atoms with Crippen molar-refractivity contribution >= 4 is 34.1 Å². The summed E-state index contributed by atoms with van der Waals surface area (Å²) in [7, 11) is 0. The van der Waals surface area contributed by atoms with Crippen molar-refractivity contribution in [3.05, 3.63) is 34.9 Å². The molecule has 0 radical (unpaired) electrons. The van der Waals surface area contributed by atoms with Gasteiger partial charge in [-0.3, -0.25) is 10.1 Å². The molecule has 1 amide bonds. The standard InChI is InChI=1S/C15H19N3OS2/c1-9(2)8-20-15-18-17-14(21-15)16-13(19)12-7-10(3)5-6-11(12)4/h5-7,9H,8H2,1-4H3,(H,16,17,19). The van der Waals surface area contributed by atoms with Gasteiger partial charge in [0.2, 0.25) is 5.13 Å². The van der Waals surface area contributed by atoms with Gasteiger partial charge in [-0.05, 0) is 31.4 Å². The van der Waals surface area contributed by atoms with E-state index in [1.54, 1.807) is 11.8 Å². The Labute approximate surface area is 133 Å². The molecule has 0 aliphatic rings. The summed E-state index contributed by atoms with van der Waals surface area (Å²) < 4.78 is 0.889. The van der Waals surface area contributed by atoms with E-state index in [2.05, 4.69) is 29.4 Å². The van der Waals surface area contributed by atoms with Crippen molar-refractivity contribution in [2.24, 2.45) is 5.92 Å². The molecule has 2 aromatic rings. The lowest BCUT2D eigenvalue weighted by Crippen LogP contribution is -2.13. The molecule has 0 aliphatic carbocycles. The number of carbonyl (C=O) groups excluding carboxylic acids is 1. The molecule has 0 unspecified atom stereocenters. The number of nitrogens with zero attached hydrogens (tertiary/aromatic N) is 2. The van der Waals surface area contributed by atoms with Gasteiger partial charge in [-0.15, -0.1) is 10.2 Å². The Morgan fingerprint density at radius 1 is 1.33 bits per heavy atom. The Kier molecular flexibility index (Phi) is 5.36. The maximum Gasteiger partial charge on any atom is 0.257 e. The first-order chi connectivity index (χ1) is 9.95. The van der Waals surface area contributed by atoms with E-state index in [-0.39, 0.29) is 5.91 Å². The molecule has 0 spiro atoms. The molecule has 0 bridgehead atoms. The first kappa shape index (κ1) is 16.0. The minimum atomic E-state index is -0.132. The van der Waals surface area contributed by atoms with Gasteiger partial charge in [0, 0.05) is 11.3 Å². The maximum atomic E-state index is 12.3. The minimum absolute atomic E-state index is 0.132. The van der Waals surface area contributed by atoms with Crippen LogP contribution in [0.2, 0.25) is 0 Å². The lowest BCUT2D eigenvalue weighted by Gasteiger charge is -2.06. The van der Waals surface area contributed by atoms with E-state index in [1.807, 2.05) is 32.0 Å². The summed E-state index contributed by atoms with van der Waals surface area (Å²) in [4.78, 5) is 12.3. The Bertz CT molecular complexity index is 638. The second-order valence-corrected chi connectivity index (χ2v) is 7.60. The van der Waals surface area contributed by atoms with Gasteiger partial charge in [-0.25, -0.2) is 0 Å². The molecular formula is C15H19N3OS2. The zero-order valence-corrected chi connectivity index (χ0v) is 14.3. The number of anilines is 1.